The number of tetrazole rings is 3. The molecule has 0 radical (unpaired) electrons. The maximum absolute atomic E-state index is 12.3. The van der Waals surface area contributed by atoms with E-state index in [2.05, 4.69) is 51.6 Å². The maximum Gasteiger partial charge on any atom is 0.329 e. The Morgan fingerprint density at radius 3 is 1.32 bits per heavy atom. The van der Waals surface area contributed by atoms with Gasteiger partial charge in [0.1, 0.15) is 34.9 Å². The van der Waals surface area contributed by atoms with Crippen LogP contribution in [0.4, 0.5) is 0 Å². The number of nitrogens with one attached hydrogen (secondary N) is 1. The molecule has 6 unspecified atom stereocenters. The van der Waals surface area contributed by atoms with Crippen molar-refractivity contribution in [3.8, 4) is 0 Å². The third-order valence-electron chi connectivity index (χ3n) is 10.4. The number of esters is 3. The number of hydrogen-bond donors (Lipinski definition) is 1. The Labute approximate surface area is 379 Å². The molecule has 3 aromatic rings. The third kappa shape index (κ3) is 14.3. The second-order valence-electron chi connectivity index (χ2n) is 19.3. The van der Waals surface area contributed by atoms with Gasteiger partial charge >= 0.3 is 17.9 Å². The lowest BCUT2D eigenvalue weighted by Gasteiger charge is -2.29. The average Bonchev–Trinajstić information content (AvgIpc) is 4.04. The first-order chi connectivity index (χ1) is 30.2. The molecule has 24 nitrogen and oxygen atoms in total. The monoisotopic (exact) mass is 914 g/mol. The van der Waals surface area contributed by atoms with Crippen LogP contribution in [0.1, 0.15) is 157 Å². The summed E-state index contributed by atoms with van der Waals surface area (Å²) in [7, 11) is 3.42. The minimum atomic E-state index is -0.570. The van der Waals surface area contributed by atoms with Gasteiger partial charge in [0.05, 0.1) is 7.05 Å². The Morgan fingerprint density at radius 1 is 0.600 bits per heavy atom. The fraction of sp³-hybridized carbons (Fsp3) is 0.780. The number of nitrogens with zero attached hydrogens (tertiary/aromatic N) is 14. The number of aryl methyl sites for hydroxylation is 2. The molecule has 3 aliphatic heterocycles. The highest BCUT2D eigenvalue weighted by molar-refractivity contribution is 5.88. The molecule has 3 saturated heterocycles. The molecule has 3 fully saturated rings. The van der Waals surface area contributed by atoms with Crippen LogP contribution in [0.5, 0.6) is 0 Å². The van der Waals surface area contributed by atoms with E-state index in [0.717, 1.165) is 0 Å². The molecule has 24 heteroatoms. The molecule has 0 bridgehead atoms. The summed E-state index contributed by atoms with van der Waals surface area (Å²) in [5.41, 5.74) is -1.71. The van der Waals surface area contributed by atoms with E-state index in [1.807, 2.05) is 83.1 Å². The first-order valence-electron chi connectivity index (χ1n) is 22.0. The molecular weight excluding hydrogens is 847 g/mol. The number of carbonyl (C=O) groups is 6. The highest BCUT2D eigenvalue weighted by Gasteiger charge is 2.43. The van der Waals surface area contributed by atoms with E-state index in [9.17, 15) is 28.8 Å². The first-order valence-corrected chi connectivity index (χ1v) is 22.0. The van der Waals surface area contributed by atoms with E-state index < -0.39 is 34.9 Å². The summed E-state index contributed by atoms with van der Waals surface area (Å²) in [6, 6.07) is -1.68. The third-order valence-corrected chi connectivity index (χ3v) is 10.4. The minimum absolute atomic E-state index is 0.0642. The van der Waals surface area contributed by atoms with Crippen LogP contribution in [-0.2, 0) is 57.1 Å². The van der Waals surface area contributed by atoms with Crippen LogP contribution in [0, 0.1) is 0 Å². The van der Waals surface area contributed by atoms with Crippen molar-refractivity contribution in [2.24, 2.45) is 14.1 Å². The molecule has 3 aromatic heterocycles. The normalized spacial score (nSPS) is 20.4. The number of aromatic amines is 1. The molecule has 1 N–H and O–H groups in total. The molecule has 6 rings (SSSR count). The highest BCUT2D eigenvalue weighted by atomic mass is 16.6. The topological polar surface area (TPSA) is 281 Å². The maximum atomic E-state index is 12.3. The summed E-state index contributed by atoms with van der Waals surface area (Å²) in [4.78, 5) is 79.7. The molecule has 6 heterocycles. The van der Waals surface area contributed by atoms with Gasteiger partial charge < -0.3 is 28.9 Å². The minimum Gasteiger partial charge on any atom is -0.458 e. The average molecular weight is 914 g/mol. The van der Waals surface area contributed by atoms with Gasteiger partial charge in [-0.1, -0.05) is 26.0 Å². The van der Waals surface area contributed by atoms with Crippen molar-refractivity contribution in [2.45, 2.75) is 174 Å². The van der Waals surface area contributed by atoms with E-state index in [1.54, 1.807) is 33.5 Å². The van der Waals surface area contributed by atoms with Crippen LogP contribution in [0.2, 0.25) is 0 Å². The number of aromatic nitrogens is 12. The van der Waals surface area contributed by atoms with Gasteiger partial charge in [0.25, 0.3) is 0 Å². The van der Waals surface area contributed by atoms with Crippen LogP contribution < -0.4 is 0 Å². The second-order valence-corrected chi connectivity index (χ2v) is 19.3. The predicted molar refractivity (Wildman–Crippen MR) is 229 cm³/mol. The van der Waals surface area contributed by atoms with E-state index in [0.29, 0.717) is 75.6 Å². The highest BCUT2D eigenvalue weighted by Crippen LogP contribution is 2.31. The van der Waals surface area contributed by atoms with Crippen molar-refractivity contribution < 1.29 is 43.0 Å². The van der Waals surface area contributed by atoms with Crippen molar-refractivity contribution in [3.05, 3.63) is 17.5 Å². The molecule has 0 aliphatic carbocycles. The molecule has 65 heavy (non-hydrogen) atoms. The number of amides is 3. The number of hydrogen-bond acceptors (Lipinski definition) is 18. The second kappa shape index (κ2) is 21.3. The van der Waals surface area contributed by atoms with Crippen LogP contribution in [0.25, 0.3) is 0 Å². The van der Waals surface area contributed by atoms with Gasteiger partial charge in [0.15, 0.2) is 17.5 Å². The molecule has 3 amide bonds. The van der Waals surface area contributed by atoms with Gasteiger partial charge in [-0.3, -0.25) is 14.4 Å². The lowest BCUT2D eigenvalue weighted by atomic mass is 10.1. The lowest BCUT2D eigenvalue weighted by Crippen LogP contribution is -2.44. The van der Waals surface area contributed by atoms with Gasteiger partial charge in [-0.05, 0) is 97.2 Å². The summed E-state index contributed by atoms with van der Waals surface area (Å²) >= 11 is 0. The zero-order valence-electron chi connectivity index (χ0n) is 40.3. The quantitative estimate of drug-likeness (QED) is 0.201. The summed E-state index contributed by atoms with van der Waals surface area (Å²) in [6.07, 6.45) is 2.45. The largest absolute Gasteiger partial charge is 0.458 e. The number of likely N-dealkylation sites (tertiary alicyclic amines) is 3. The summed E-state index contributed by atoms with van der Waals surface area (Å²) in [5, 5.41) is 37.0. The summed E-state index contributed by atoms with van der Waals surface area (Å²) < 4.78 is 17.8. The van der Waals surface area contributed by atoms with E-state index in [4.69, 9.17) is 14.2 Å². The van der Waals surface area contributed by atoms with Crippen LogP contribution in [-0.4, -0.2) is 166 Å². The van der Waals surface area contributed by atoms with Crippen LogP contribution in [0.3, 0.4) is 0 Å². The molecule has 360 valence electrons. The van der Waals surface area contributed by atoms with E-state index >= 15 is 0 Å². The Balaban J connectivity index is 0.000000213. The zero-order chi connectivity index (χ0) is 48.6. The number of rotatable bonds is 12. The van der Waals surface area contributed by atoms with E-state index in [1.165, 1.54) is 4.80 Å². The Kier molecular flexibility index (Phi) is 17.0. The molecular formula is C41H67N15O9. The molecule has 0 aromatic carbocycles. The van der Waals surface area contributed by atoms with Crippen LogP contribution in [0.15, 0.2) is 0 Å². The van der Waals surface area contributed by atoms with Gasteiger partial charge in [0, 0.05) is 63.7 Å². The summed E-state index contributed by atoms with van der Waals surface area (Å²) in [6.45, 7) is 23.2. The number of ether oxygens (including phenoxy) is 3. The molecule has 6 atom stereocenters. The zero-order valence-corrected chi connectivity index (χ0v) is 40.3. The number of carbonyl (C=O) groups excluding carboxylic acids is 6. The smallest absolute Gasteiger partial charge is 0.329 e. The molecule has 0 saturated carbocycles. The standard InChI is InChI=1S/2C14H23N5O3.C13H21N5O3/c1-6-10(13(21)22-14(2,3)4)19-8-9(7-11(19)20)12-15-16-17-18(12)5;1-6-10(13(21)22-14(2,3)4)19-8-9(7-11(19)20)12-15-17-18(5)16-12;1-5-9(12(20)21-13(2,3)4)18-7-8(6-10(18)19)11-14-16-17-15-11/h2*9-10H,6-8H2,1-5H3;8-9H,5-7H2,1-4H3,(H,14,15,16,17). The van der Waals surface area contributed by atoms with E-state index in [-0.39, 0.29) is 53.4 Å². The molecule has 3 aliphatic rings. The van der Waals surface area contributed by atoms with Gasteiger partial charge in [-0.2, -0.15) is 10.0 Å². The van der Waals surface area contributed by atoms with Crippen molar-refractivity contribution in [1.82, 2.24) is 75.7 Å². The van der Waals surface area contributed by atoms with Crippen molar-refractivity contribution in [3.63, 3.8) is 0 Å². The fourth-order valence-corrected chi connectivity index (χ4v) is 7.66. The Morgan fingerprint density at radius 2 is 1.00 bits per heavy atom. The first kappa shape index (κ1) is 51.7. The molecule has 0 spiro atoms. The van der Waals surface area contributed by atoms with Crippen molar-refractivity contribution in [2.75, 3.05) is 19.6 Å². The predicted octanol–water partition coefficient (Wildman–Crippen LogP) is 1.93. The fourth-order valence-electron chi connectivity index (χ4n) is 7.66. The van der Waals surface area contributed by atoms with Crippen molar-refractivity contribution in [1.29, 1.82) is 0 Å². The van der Waals surface area contributed by atoms with Gasteiger partial charge in [-0.25, -0.2) is 19.1 Å². The van der Waals surface area contributed by atoms with Crippen molar-refractivity contribution >= 4 is 35.6 Å². The Bertz CT molecular complexity index is 2100. The lowest BCUT2D eigenvalue weighted by molar-refractivity contribution is -0.164. The summed E-state index contributed by atoms with van der Waals surface area (Å²) in [5.74, 6) is 0.0401. The SMILES string of the molecule is CCC(C(=O)OC(C)(C)C)N1CC(c2nn[nH]n2)CC1=O.CCC(C(=O)OC(C)(C)C)N1CC(c2nnn(C)n2)CC1=O.CCC(C(=O)OC(C)(C)C)N1CC(c2nnnn2C)CC1=O. The van der Waals surface area contributed by atoms with Crippen LogP contribution >= 0.6 is 0 Å². The number of H-pyrrole nitrogens is 1. The Hall–Kier alpha value is -5.97. The van der Waals surface area contributed by atoms with Gasteiger partial charge in [0.2, 0.25) is 17.7 Å². The van der Waals surface area contributed by atoms with Gasteiger partial charge in [-0.15, -0.1) is 25.5 Å².